The molecular weight excluding hydrogens is 316 g/mol. The fraction of sp³-hybridized carbons (Fsp3) is 0.650. The van der Waals surface area contributed by atoms with Gasteiger partial charge in [0.05, 0.1) is 5.92 Å². The standard InChI is InChI=1S/C20H30N2O3/c23-20(24)19(17-8-12-25-13-9-17)15-21-14-16-4-6-18(7-5-16)22-10-2-1-3-11-22/h4-7,17,19,21H,1-3,8-15H2,(H,23,24). The van der Waals surface area contributed by atoms with E-state index in [1.165, 1.54) is 30.5 Å². The largest absolute Gasteiger partial charge is 0.481 e. The molecule has 5 heteroatoms. The van der Waals surface area contributed by atoms with E-state index in [-0.39, 0.29) is 11.8 Å². The van der Waals surface area contributed by atoms with Crippen molar-refractivity contribution in [1.29, 1.82) is 0 Å². The minimum Gasteiger partial charge on any atom is -0.481 e. The van der Waals surface area contributed by atoms with Crippen LogP contribution in [-0.2, 0) is 16.1 Å². The molecule has 1 aromatic carbocycles. The molecule has 138 valence electrons. The van der Waals surface area contributed by atoms with Gasteiger partial charge >= 0.3 is 5.97 Å². The van der Waals surface area contributed by atoms with Crippen LogP contribution in [0, 0.1) is 11.8 Å². The van der Waals surface area contributed by atoms with Crippen molar-refractivity contribution < 1.29 is 14.6 Å². The average molecular weight is 346 g/mol. The molecule has 0 aliphatic carbocycles. The van der Waals surface area contributed by atoms with Crippen LogP contribution in [0.2, 0.25) is 0 Å². The van der Waals surface area contributed by atoms with Crippen LogP contribution in [-0.4, -0.2) is 43.9 Å². The molecule has 2 aliphatic rings. The molecule has 25 heavy (non-hydrogen) atoms. The zero-order valence-corrected chi connectivity index (χ0v) is 15.0. The Balaban J connectivity index is 1.47. The van der Waals surface area contributed by atoms with Crippen LogP contribution >= 0.6 is 0 Å². The van der Waals surface area contributed by atoms with Crippen molar-refractivity contribution >= 4 is 11.7 Å². The Kier molecular flexibility index (Phi) is 6.70. The van der Waals surface area contributed by atoms with E-state index in [1.54, 1.807) is 0 Å². The first-order valence-electron chi connectivity index (χ1n) is 9.59. The molecule has 1 unspecified atom stereocenters. The molecular formula is C20H30N2O3. The molecule has 3 rings (SSSR count). The maximum absolute atomic E-state index is 11.6. The number of piperidine rings is 1. The van der Waals surface area contributed by atoms with Crippen LogP contribution in [0.4, 0.5) is 5.69 Å². The first-order valence-corrected chi connectivity index (χ1v) is 9.59. The van der Waals surface area contributed by atoms with E-state index in [4.69, 9.17) is 4.74 Å². The Morgan fingerprint density at radius 2 is 1.84 bits per heavy atom. The number of ether oxygens (including phenoxy) is 1. The van der Waals surface area contributed by atoms with Gasteiger partial charge in [0.15, 0.2) is 0 Å². The highest BCUT2D eigenvalue weighted by Gasteiger charge is 2.29. The first kappa shape index (κ1) is 18.2. The number of carbonyl (C=O) groups is 1. The summed E-state index contributed by atoms with van der Waals surface area (Å²) >= 11 is 0. The first-order chi connectivity index (χ1) is 12.2. The van der Waals surface area contributed by atoms with Gasteiger partial charge in [0, 0.05) is 45.1 Å². The topological polar surface area (TPSA) is 61.8 Å². The number of hydrogen-bond acceptors (Lipinski definition) is 4. The number of carboxylic acids is 1. The Morgan fingerprint density at radius 3 is 2.48 bits per heavy atom. The van der Waals surface area contributed by atoms with E-state index in [0.29, 0.717) is 26.3 Å². The molecule has 0 bridgehead atoms. The number of rotatable bonds is 7. The number of nitrogens with one attached hydrogen (secondary N) is 1. The molecule has 0 saturated carbocycles. The number of anilines is 1. The van der Waals surface area contributed by atoms with Crippen molar-refractivity contribution in [3.8, 4) is 0 Å². The van der Waals surface area contributed by atoms with E-state index < -0.39 is 5.97 Å². The second-order valence-corrected chi connectivity index (χ2v) is 7.24. The molecule has 0 amide bonds. The molecule has 2 saturated heterocycles. The third-order valence-corrected chi connectivity index (χ3v) is 5.50. The molecule has 2 fully saturated rings. The summed E-state index contributed by atoms with van der Waals surface area (Å²) in [6.45, 7) is 4.92. The Labute approximate surface area is 150 Å². The lowest BCUT2D eigenvalue weighted by Gasteiger charge is -2.29. The molecule has 0 aromatic heterocycles. The van der Waals surface area contributed by atoms with Gasteiger partial charge in [-0.05, 0) is 55.7 Å². The normalized spacial score (nSPS) is 20.4. The van der Waals surface area contributed by atoms with Crippen LogP contribution in [0.25, 0.3) is 0 Å². The summed E-state index contributed by atoms with van der Waals surface area (Å²) in [5, 5.41) is 12.9. The van der Waals surface area contributed by atoms with E-state index in [0.717, 1.165) is 25.9 Å². The number of hydrogen-bond donors (Lipinski definition) is 2. The summed E-state index contributed by atoms with van der Waals surface area (Å²) in [4.78, 5) is 14.0. The van der Waals surface area contributed by atoms with Gasteiger partial charge in [-0.2, -0.15) is 0 Å². The number of aliphatic carboxylic acids is 1. The molecule has 2 aliphatic heterocycles. The van der Waals surface area contributed by atoms with E-state index in [2.05, 4.69) is 34.5 Å². The zero-order valence-electron chi connectivity index (χ0n) is 15.0. The summed E-state index contributed by atoms with van der Waals surface area (Å²) in [6, 6.07) is 8.69. The third kappa shape index (κ3) is 5.19. The molecule has 1 aromatic rings. The Hall–Kier alpha value is -1.59. The smallest absolute Gasteiger partial charge is 0.308 e. The van der Waals surface area contributed by atoms with E-state index in [9.17, 15) is 9.90 Å². The Morgan fingerprint density at radius 1 is 1.16 bits per heavy atom. The van der Waals surface area contributed by atoms with Gasteiger partial charge < -0.3 is 20.1 Å². The number of carboxylic acid groups (broad SMARTS) is 1. The van der Waals surface area contributed by atoms with Gasteiger partial charge in [-0.15, -0.1) is 0 Å². The average Bonchev–Trinajstić information content (AvgIpc) is 2.67. The molecule has 2 N–H and O–H groups in total. The highest BCUT2D eigenvalue weighted by molar-refractivity contribution is 5.70. The quantitative estimate of drug-likeness (QED) is 0.795. The second-order valence-electron chi connectivity index (χ2n) is 7.24. The molecule has 0 spiro atoms. The van der Waals surface area contributed by atoms with Crippen molar-refractivity contribution in [3.05, 3.63) is 29.8 Å². The minimum absolute atomic E-state index is 0.222. The number of nitrogens with zero attached hydrogens (tertiary/aromatic N) is 1. The highest BCUT2D eigenvalue weighted by Crippen LogP contribution is 2.24. The minimum atomic E-state index is -0.695. The third-order valence-electron chi connectivity index (χ3n) is 5.50. The van der Waals surface area contributed by atoms with Crippen LogP contribution < -0.4 is 10.2 Å². The molecule has 0 radical (unpaired) electrons. The van der Waals surface area contributed by atoms with Crippen LogP contribution in [0.15, 0.2) is 24.3 Å². The van der Waals surface area contributed by atoms with Crippen LogP contribution in [0.3, 0.4) is 0 Å². The van der Waals surface area contributed by atoms with Gasteiger partial charge in [0.25, 0.3) is 0 Å². The van der Waals surface area contributed by atoms with Crippen molar-refractivity contribution in [2.45, 2.75) is 38.6 Å². The predicted molar refractivity (Wildman–Crippen MR) is 98.9 cm³/mol. The lowest BCUT2D eigenvalue weighted by atomic mass is 9.86. The molecule has 2 heterocycles. The maximum atomic E-state index is 11.6. The molecule has 1 atom stereocenters. The fourth-order valence-electron chi connectivity index (χ4n) is 3.92. The predicted octanol–water partition coefficient (Wildman–Crippen LogP) is 2.89. The van der Waals surface area contributed by atoms with Crippen LogP contribution in [0.1, 0.15) is 37.7 Å². The SMILES string of the molecule is O=C(O)C(CNCc1ccc(N2CCCCC2)cc1)C1CCOCC1. The highest BCUT2D eigenvalue weighted by atomic mass is 16.5. The second kappa shape index (κ2) is 9.20. The van der Waals surface area contributed by atoms with Crippen molar-refractivity contribution in [1.82, 2.24) is 5.32 Å². The monoisotopic (exact) mass is 346 g/mol. The van der Waals surface area contributed by atoms with E-state index in [1.807, 2.05) is 0 Å². The van der Waals surface area contributed by atoms with Gasteiger partial charge in [-0.1, -0.05) is 12.1 Å². The van der Waals surface area contributed by atoms with Crippen molar-refractivity contribution in [2.75, 3.05) is 37.7 Å². The van der Waals surface area contributed by atoms with Gasteiger partial charge in [-0.3, -0.25) is 4.79 Å². The summed E-state index contributed by atoms with van der Waals surface area (Å²) in [7, 11) is 0. The van der Waals surface area contributed by atoms with Gasteiger partial charge in [0.1, 0.15) is 0 Å². The summed E-state index contributed by atoms with van der Waals surface area (Å²) in [5.74, 6) is -0.795. The van der Waals surface area contributed by atoms with Gasteiger partial charge in [0.2, 0.25) is 0 Å². The zero-order chi connectivity index (χ0) is 17.5. The Bertz CT molecular complexity index is 534. The summed E-state index contributed by atoms with van der Waals surface area (Å²) in [6.07, 6.45) is 5.61. The van der Waals surface area contributed by atoms with Crippen molar-refractivity contribution in [3.63, 3.8) is 0 Å². The molecule has 5 nitrogen and oxygen atoms in total. The maximum Gasteiger partial charge on any atom is 0.308 e. The van der Waals surface area contributed by atoms with Crippen LogP contribution in [0.5, 0.6) is 0 Å². The summed E-state index contributed by atoms with van der Waals surface area (Å²) in [5.41, 5.74) is 2.51. The van der Waals surface area contributed by atoms with Crippen molar-refractivity contribution in [2.24, 2.45) is 11.8 Å². The fourth-order valence-corrected chi connectivity index (χ4v) is 3.92. The number of benzene rings is 1. The van der Waals surface area contributed by atoms with E-state index >= 15 is 0 Å². The lowest BCUT2D eigenvalue weighted by Crippen LogP contribution is -2.36. The lowest BCUT2D eigenvalue weighted by molar-refractivity contribution is -0.144. The summed E-state index contributed by atoms with van der Waals surface area (Å²) < 4.78 is 5.35. The van der Waals surface area contributed by atoms with Gasteiger partial charge in [-0.25, -0.2) is 0 Å².